The highest BCUT2D eigenvalue weighted by Gasteiger charge is 2.33. The number of nitrogens with zero attached hydrogens (tertiary/aromatic N) is 1. The monoisotopic (exact) mass is 491 g/mol. The second-order valence-corrected chi connectivity index (χ2v) is 7.75. The lowest BCUT2D eigenvalue weighted by atomic mass is 10.1. The van der Waals surface area contributed by atoms with E-state index in [4.69, 9.17) is 4.74 Å². The van der Waals surface area contributed by atoms with E-state index >= 15 is 0 Å². The number of amides is 1. The standard InChI is InChI=1S/C15H13F3N2O.C5H5NO2.C5H10O/c16-15(17,18)13-3-1-2-4-14(13)20-12-7-5-11(6-8-12)9-19-10-21;1-4(7)5-2-6-3-8-5;1-5-2-3-6-4-5/h1-8,10,20H,9H2,(H,19,21);2-3H,1H3;5H,2-4H2,1H3. The predicted molar refractivity (Wildman–Crippen MR) is 125 cm³/mol. The van der Waals surface area contributed by atoms with Crippen LogP contribution in [0.25, 0.3) is 0 Å². The lowest BCUT2D eigenvalue weighted by Crippen LogP contribution is -2.10. The molecule has 0 spiro atoms. The molecule has 2 heterocycles. The Morgan fingerprint density at radius 2 is 1.89 bits per heavy atom. The van der Waals surface area contributed by atoms with Crippen LogP contribution in [0.5, 0.6) is 0 Å². The van der Waals surface area contributed by atoms with Gasteiger partial charge in [-0.25, -0.2) is 4.98 Å². The predicted octanol–water partition coefficient (Wildman–Crippen LogP) is 5.62. The van der Waals surface area contributed by atoms with Crippen LogP contribution in [0.3, 0.4) is 0 Å². The molecule has 188 valence electrons. The SMILES string of the molecule is CC(=O)c1cnco1.CC1CCOC1.O=CNCc1ccc(Nc2ccccc2C(F)(F)F)cc1. The van der Waals surface area contributed by atoms with Gasteiger partial charge in [-0.05, 0) is 42.2 Å². The highest BCUT2D eigenvalue weighted by molar-refractivity contribution is 5.90. The molecule has 0 bridgehead atoms. The molecule has 1 amide bonds. The second-order valence-electron chi connectivity index (χ2n) is 7.75. The summed E-state index contributed by atoms with van der Waals surface area (Å²) in [4.78, 5) is 24.1. The number of benzene rings is 2. The molecule has 0 radical (unpaired) electrons. The summed E-state index contributed by atoms with van der Waals surface area (Å²) in [6.45, 7) is 6.00. The van der Waals surface area contributed by atoms with E-state index in [1.165, 1.54) is 38.1 Å². The normalized spacial score (nSPS) is 14.6. The summed E-state index contributed by atoms with van der Waals surface area (Å²) in [5.74, 6) is 1.04. The van der Waals surface area contributed by atoms with Crippen LogP contribution in [0, 0.1) is 5.92 Å². The Balaban J connectivity index is 0.000000249. The van der Waals surface area contributed by atoms with Crippen molar-refractivity contribution in [2.45, 2.75) is 33.0 Å². The van der Waals surface area contributed by atoms with Crippen molar-refractivity contribution >= 4 is 23.6 Å². The summed E-state index contributed by atoms with van der Waals surface area (Å²) in [6.07, 6.45) is 0.0716. The summed E-state index contributed by atoms with van der Waals surface area (Å²) >= 11 is 0. The number of carbonyl (C=O) groups excluding carboxylic acids is 2. The number of anilines is 2. The third-order valence-corrected chi connectivity index (χ3v) is 4.79. The molecule has 1 fully saturated rings. The Bertz CT molecular complexity index is 1030. The van der Waals surface area contributed by atoms with E-state index < -0.39 is 11.7 Å². The van der Waals surface area contributed by atoms with Crippen LogP contribution in [0.15, 0.2) is 65.5 Å². The number of ketones is 1. The minimum absolute atomic E-state index is 0.00349. The van der Waals surface area contributed by atoms with Crippen LogP contribution in [0.2, 0.25) is 0 Å². The van der Waals surface area contributed by atoms with Gasteiger partial charge in [0, 0.05) is 32.4 Å². The third-order valence-electron chi connectivity index (χ3n) is 4.79. The molecule has 1 aliphatic rings. The number of ether oxygens (including phenoxy) is 1. The molecule has 0 aliphatic carbocycles. The van der Waals surface area contributed by atoms with Crippen molar-refractivity contribution in [1.29, 1.82) is 0 Å². The van der Waals surface area contributed by atoms with Gasteiger partial charge in [-0.3, -0.25) is 9.59 Å². The molecule has 1 aliphatic heterocycles. The Kier molecular flexibility index (Phi) is 11.0. The van der Waals surface area contributed by atoms with E-state index in [-0.39, 0.29) is 11.5 Å². The maximum atomic E-state index is 12.9. The Labute approximate surface area is 201 Å². The molecule has 7 nitrogen and oxygen atoms in total. The minimum atomic E-state index is -4.41. The maximum Gasteiger partial charge on any atom is 0.418 e. The maximum absolute atomic E-state index is 12.9. The quantitative estimate of drug-likeness (QED) is 0.344. The highest BCUT2D eigenvalue weighted by Crippen LogP contribution is 2.35. The van der Waals surface area contributed by atoms with E-state index in [2.05, 4.69) is 27.0 Å². The van der Waals surface area contributed by atoms with Crippen molar-refractivity contribution in [2.24, 2.45) is 5.92 Å². The van der Waals surface area contributed by atoms with Gasteiger partial charge in [0.1, 0.15) is 0 Å². The number of Topliss-reactive ketones (excluding diaryl/α,β-unsaturated/α-hetero) is 1. The fourth-order valence-corrected chi connectivity index (χ4v) is 2.90. The van der Waals surface area contributed by atoms with Crippen LogP contribution in [0.1, 0.15) is 41.9 Å². The molecule has 4 rings (SSSR count). The van der Waals surface area contributed by atoms with Gasteiger partial charge in [-0.2, -0.15) is 13.2 Å². The number of oxazole rings is 1. The molecule has 1 unspecified atom stereocenters. The first kappa shape index (κ1) is 27.6. The summed E-state index contributed by atoms with van der Waals surface area (Å²) in [7, 11) is 0. The van der Waals surface area contributed by atoms with E-state index in [0.717, 1.165) is 30.8 Å². The Hall–Kier alpha value is -3.66. The zero-order valence-corrected chi connectivity index (χ0v) is 19.5. The van der Waals surface area contributed by atoms with Gasteiger partial charge in [-0.15, -0.1) is 0 Å². The largest absolute Gasteiger partial charge is 0.440 e. The number of hydrogen-bond donors (Lipinski definition) is 2. The molecule has 1 atom stereocenters. The number of rotatable bonds is 6. The van der Waals surface area contributed by atoms with Crippen LogP contribution in [-0.4, -0.2) is 30.4 Å². The third kappa shape index (κ3) is 10.0. The van der Waals surface area contributed by atoms with Gasteiger partial charge < -0.3 is 19.8 Å². The fraction of sp³-hybridized carbons (Fsp3) is 0.320. The number of alkyl halides is 3. The Morgan fingerprint density at radius 3 is 2.34 bits per heavy atom. The van der Waals surface area contributed by atoms with Gasteiger partial charge in [-0.1, -0.05) is 31.2 Å². The first-order valence-corrected chi connectivity index (χ1v) is 10.9. The molecular formula is C25H28F3N3O4. The lowest BCUT2D eigenvalue weighted by Gasteiger charge is -2.14. The smallest absolute Gasteiger partial charge is 0.418 e. The lowest BCUT2D eigenvalue weighted by molar-refractivity contribution is -0.136. The Morgan fingerprint density at radius 1 is 1.17 bits per heavy atom. The molecule has 0 saturated carbocycles. The van der Waals surface area contributed by atoms with Gasteiger partial charge in [0.05, 0.1) is 17.4 Å². The average Bonchev–Trinajstić information content (AvgIpc) is 3.54. The van der Waals surface area contributed by atoms with Crippen LogP contribution >= 0.6 is 0 Å². The summed E-state index contributed by atoms with van der Waals surface area (Å²) < 4.78 is 48.3. The van der Waals surface area contributed by atoms with Crippen LogP contribution in [-0.2, 0) is 22.3 Å². The average molecular weight is 492 g/mol. The first-order chi connectivity index (χ1) is 16.7. The van der Waals surface area contributed by atoms with Gasteiger partial charge in [0.15, 0.2) is 17.9 Å². The number of nitrogens with one attached hydrogen (secondary N) is 2. The molecule has 35 heavy (non-hydrogen) atoms. The second kappa shape index (κ2) is 13.9. The summed E-state index contributed by atoms with van der Waals surface area (Å²) in [5.41, 5.74) is 0.693. The van der Waals surface area contributed by atoms with Crippen LogP contribution in [0.4, 0.5) is 24.5 Å². The van der Waals surface area contributed by atoms with Gasteiger partial charge in [0.25, 0.3) is 0 Å². The fourth-order valence-electron chi connectivity index (χ4n) is 2.90. The summed E-state index contributed by atoms with van der Waals surface area (Å²) in [5, 5.41) is 5.27. The first-order valence-electron chi connectivity index (χ1n) is 10.9. The number of halogens is 3. The van der Waals surface area contributed by atoms with Crippen molar-refractivity contribution in [1.82, 2.24) is 10.3 Å². The minimum Gasteiger partial charge on any atom is -0.440 e. The van der Waals surface area contributed by atoms with Gasteiger partial charge in [0.2, 0.25) is 6.41 Å². The molecule has 2 aromatic carbocycles. The van der Waals surface area contributed by atoms with E-state index in [1.807, 2.05) is 0 Å². The molecule has 3 aromatic rings. The van der Waals surface area contributed by atoms with Crippen molar-refractivity contribution in [2.75, 3.05) is 18.5 Å². The molecule has 10 heteroatoms. The molecule has 2 N–H and O–H groups in total. The zero-order valence-electron chi connectivity index (χ0n) is 19.5. The number of carbonyl (C=O) groups is 2. The molecule has 1 aromatic heterocycles. The number of aromatic nitrogens is 1. The van der Waals surface area contributed by atoms with E-state index in [9.17, 15) is 22.8 Å². The molecular weight excluding hydrogens is 463 g/mol. The van der Waals surface area contributed by atoms with Crippen molar-refractivity contribution in [3.8, 4) is 0 Å². The summed E-state index contributed by atoms with van der Waals surface area (Å²) in [6, 6.07) is 12.1. The topological polar surface area (TPSA) is 93.5 Å². The van der Waals surface area contributed by atoms with Crippen molar-refractivity contribution in [3.63, 3.8) is 0 Å². The number of hydrogen-bond acceptors (Lipinski definition) is 6. The number of para-hydroxylation sites is 1. The van der Waals surface area contributed by atoms with E-state index in [0.29, 0.717) is 24.4 Å². The van der Waals surface area contributed by atoms with Crippen LogP contribution < -0.4 is 10.6 Å². The van der Waals surface area contributed by atoms with Gasteiger partial charge >= 0.3 is 6.18 Å². The van der Waals surface area contributed by atoms with Crippen molar-refractivity contribution < 1.29 is 31.9 Å². The van der Waals surface area contributed by atoms with Crippen molar-refractivity contribution in [3.05, 3.63) is 78.0 Å². The molecule has 1 saturated heterocycles. The highest BCUT2D eigenvalue weighted by atomic mass is 19.4. The zero-order chi connectivity index (χ0) is 25.7. The van der Waals surface area contributed by atoms with E-state index in [1.54, 1.807) is 30.3 Å².